The Morgan fingerprint density at radius 3 is 2.57 bits per heavy atom. The number of hydrogen-bond donors (Lipinski definition) is 0. The molecule has 0 atom stereocenters. The van der Waals surface area contributed by atoms with E-state index in [9.17, 15) is 9.59 Å². The monoisotopic (exact) mass is 196 g/mol. The Bertz CT molecular complexity index is 362. The number of aryl methyl sites for hydroxylation is 2. The SMILES string of the molecule is CC(=O)CCCCn1ccn(C)c1=O. The first-order chi connectivity index (χ1) is 6.61. The molecule has 1 rings (SSSR count). The van der Waals surface area contributed by atoms with Crippen molar-refractivity contribution in [2.45, 2.75) is 32.7 Å². The van der Waals surface area contributed by atoms with Gasteiger partial charge in [-0.05, 0) is 19.8 Å². The van der Waals surface area contributed by atoms with Crippen LogP contribution in [-0.2, 0) is 18.4 Å². The molecule has 0 saturated heterocycles. The van der Waals surface area contributed by atoms with Gasteiger partial charge in [-0.2, -0.15) is 0 Å². The summed E-state index contributed by atoms with van der Waals surface area (Å²) < 4.78 is 3.21. The van der Waals surface area contributed by atoms with Gasteiger partial charge in [0.15, 0.2) is 0 Å². The largest absolute Gasteiger partial charge is 0.327 e. The average molecular weight is 196 g/mol. The Labute approximate surface area is 83.2 Å². The van der Waals surface area contributed by atoms with Crippen LogP contribution in [0.25, 0.3) is 0 Å². The molecule has 4 nitrogen and oxygen atoms in total. The lowest BCUT2D eigenvalue weighted by atomic mass is 10.2. The van der Waals surface area contributed by atoms with Crippen molar-refractivity contribution in [3.8, 4) is 0 Å². The molecule has 0 amide bonds. The van der Waals surface area contributed by atoms with Crippen molar-refractivity contribution in [2.75, 3.05) is 0 Å². The summed E-state index contributed by atoms with van der Waals surface area (Å²) in [6, 6.07) is 0. The molecule has 4 heteroatoms. The number of Topliss-reactive ketones (excluding diaryl/α,β-unsaturated/α-hetero) is 1. The summed E-state index contributed by atoms with van der Waals surface area (Å²) in [4.78, 5) is 22.0. The van der Waals surface area contributed by atoms with E-state index in [1.165, 1.54) is 0 Å². The van der Waals surface area contributed by atoms with Gasteiger partial charge in [-0.25, -0.2) is 4.79 Å². The highest BCUT2D eigenvalue weighted by Gasteiger charge is 1.99. The highest BCUT2D eigenvalue weighted by molar-refractivity contribution is 5.75. The number of rotatable bonds is 5. The second-order valence-electron chi connectivity index (χ2n) is 3.54. The van der Waals surface area contributed by atoms with Crippen LogP contribution in [0.5, 0.6) is 0 Å². The number of carbonyl (C=O) groups excluding carboxylic acids is 1. The number of carbonyl (C=O) groups is 1. The third-order valence-corrected chi connectivity index (χ3v) is 2.20. The fourth-order valence-electron chi connectivity index (χ4n) is 1.34. The van der Waals surface area contributed by atoms with Crippen molar-refractivity contribution in [3.05, 3.63) is 22.9 Å². The zero-order valence-corrected chi connectivity index (χ0v) is 8.69. The first-order valence-corrected chi connectivity index (χ1v) is 4.82. The van der Waals surface area contributed by atoms with E-state index in [2.05, 4.69) is 0 Å². The smallest absolute Gasteiger partial charge is 0.302 e. The Kier molecular flexibility index (Phi) is 3.68. The van der Waals surface area contributed by atoms with Gasteiger partial charge in [0.05, 0.1) is 0 Å². The molecule has 0 radical (unpaired) electrons. The van der Waals surface area contributed by atoms with Crippen LogP contribution in [0.15, 0.2) is 17.2 Å². The molecule has 0 aromatic carbocycles. The van der Waals surface area contributed by atoms with Crippen LogP contribution in [-0.4, -0.2) is 14.9 Å². The Morgan fingerprint density at radius 2 is 2.07 bits per heavy atom. The first kappa shape index (κ1) is 10.8. The standard InChI is InChI=1S/C10H16N2O2/c1-9(13)5-3-4-6-12-8-7-11(2)10(12)14/h7-8H,3-6H2,1-2H3. The number of nitrogens with zero attached hydrogens (tertiary/aromatic N) is 2. The molecule has 14 heavy (non-hydrogen) atoms. The van der Waals surface area contributed by atoms with E-state index in [0.29, 0.717) is 13.0 Å². The normalized spacial score (nSPS) is 10.4. The number of hydrogen-bond acceptors (Lipinski definition) is 2. The van der Waals surface area contributed by atoms with E-state index < -0.39 is 0 Å². The molecular weight excluding hydrogens is 180 g/mol. The van der Waals surface area contributed by atoms with Crippen LogP contribution in [0.3, 0.4) is 0 Å². The van der Waals surface area contributed by atoms with Crippen molar-refractivity contribution >= 4 is 5.78 Å². The van der Waals surface area contributed by atoms with Crippen molar-refractivity contribution in [2.24, 2.45) is 7.05 Å². The van der Waals surface area contributed by atoms with Gasteiger partial charge in [0, 0.05) is 32.4 Å². The van der Waals surface area contributed by atoms with Gasteiger partial charge in [0.25, 0.3) is 0 Å². The molecule has 1 heterocycles. The van der Waals surface area contributed by atoms with Crippen LogP contribution in [0.2, 0.25) is 0 Å². The molecular formula is C10H16N2O2. The minimum Gasteiger partial charge on any atom is -0.302 e. The van der Waals surface area contributed by atoms with Crippen molar-refractivity contribution in [1.29, 1.82) is 0 Å². The lowest BCUT2D eigenvalue weighted by molar-refractivity contribution is -0.117. The zero-order chi connectivity index (χ0) is 10.6. The maximum atomic E-state index is 11.4. The van der Waals surface area contributed by atoms with E-state index in [-0.39, 0.29) is 11.5 Å². The number of ketones is 1. The van der Waals surface area contributed by atoms with Gasteiger partial charge in [0.1, 0.15) is 5.78 Å². The second-order valence-corrected chi connectivity index (χ2v) is 3.54. The molecule has 0 aliphatic rings. The van der Waals surface area contributed by atoms with Gasteiger partial charge in [-0.1, -0.05) is 0 Å². The van der Waals surface area contributed by atoms with Gasteiger partial charge in [-0.15, -0.1) is 0 Å². The van der Waals surface area contributed by atoms with Crippen LogP contribution in [0.1, 0.15) is 26.2 Å². The summed E-state index contributed by atoms with van der Waals surface area (Å²) in [6.45, 7) is 2.29. The molecule has 0 spiro atoms. The van der Waals surface area contributed by atoms with Gasteiger partial charge >= 0.3 is 5.69 Å². The fraction of sp³-hybridized carbons (Fsp3) is 0.600. The summed E-state index contributed by atoms with van der Waals surface area (Å²) in [5, 5.41) is 0. The molecule has 0 bridgehead atoms. The summed E-state index contributed by atoms with van der Waals surface area (Å²) >= 11 is 0. The lowest BCUT2D eigenvalue weighted by Crippen LogP contribution is -2.21. The molecule has 78 valence electrons. The minimum absolute atomic E-state index is 0.00725. The van der Waals surface area contributed by atoms with Crippen LogP contribution in [0.4, 0.5) is 0 Å². The zero-order valence-electron chi connectivity index (χ0n) is 8.69. The summed E-state index contributed by atoms with van der Waals surface area (Å²) in [5.74, 6) is 0.213. The Balaban J connectivity index is 2.35. The highest BCUT2D eigenvalue weighted by Crippen LogP contribution is 1.98. The van der Waals surface area contributed by atoms with E-state index in [0.717, 1.165) is 12.8 Å². The molecule has 0 N–H and O–H groups in total. The quantitative estimate of drug-likeness (QED) is 0.658. The first-order valence-electron chi connectivity index (χ1n) is 4.82. The fourth-order valence-corrected chi connectivity index (χ4v) is 1.34. The molecule has 0 aliphatic heterocycles. The van der Waals surface area contributed by atoms with Gasteiger partial charge < -0.3 is 9.36 Å². The van der Waals surface area contributed by atoms with Gasteiger partial charge in [0.2, 0.25) is 0 Å². The van der Waals surface area contributed by atoms with E-state index in [1.807, 2.05) is 0 Å². The molecule has 1 aromatic heterocycles. The van der Waals surface area contributed by atoms with Crippen molar-refractivity contribution in [3.63, 3.8) is 0 Å². The predicted molar refractivity (Wildman–Crippen MR) is 54.2 cm³/mol. The van der Waals surface area contributed by atoms with E-state index in [4.69, 9.17) is 0 Å². The molecule has 1 aromatic rings. The Hall–Kier alpha value is -1.32. The summed E-state index contributed by atoms with van der Waals surface area (Å²) in [5.41, 5.74) is 0.00725. The summed E-state index contributed by atoms with van der Waals surface area (Å²) in [6.07, 6.45) is 5.87. The maximum Gasteiger partial charge on any atom is 0.327 e. The average Bonchev–Trinajstić information content (AvgIpc) is 2.43. The maximum absolute atomic E-state index is 11.4. The second kappa shape index (κ2) is 4.79. The van der Waals surface area contributed by atoms with Crippen LogP contribution >= 0.6 is 0 Å². The topological polar surface area (TPSA) is 44.0 Å². The molecule has 0 aliphatic carbocycles. The number of unbranched alkanes of at least 4 members (excludes halogenated alkanes) is 1. The lowest BCUT2D eigenvalue weighted by Gasteiger charge is -1.99. The number of aromatic nitrogens is 2. The minimum atomic E-state index is 0.00725. The third-order valence-electron chi connectivity index (χ3n) is 2.20. The van der Waals surface area contributed by atoms with E-state index in [1.54, 1.807) is 35.5 Å². The van der Waals surface area contributed by atoms with Crippen LogP contribution < -0.4 is 5.69 Å². The summed E-state index contributed by atoms with van der Waals surface area (Å²) in [7, 11) is 1.73. The Morgan fingerprint density at radius 1 is 1.36 bits per heavy atom. The van der Waals surface area contributed by atoms with Crippen LogP contribution in [0, 0.1) is 0 Å². The molecule has 0 fully saturated rings. The van der Waals surface area contributed by atoms with Crippen molar-refractivity contribution in [1.82, 2.24) is 9.13 Å². The predicted octanol–water partition coefficient (Wildman–Crippen LogP) is 0.946. The van der Waals surface area contributed by atoms with Crippen molar-refractivity contribution < 1.29 is 4.79 Å². The molecule has 0 unspecified atom stereocenters. The highest BCUT2D eigenvalue weighted by atomic mass is 16.1. The van der Waals surface area contributed by atoms with E-state index >= 15 is 0 Å². The van der Waals surface area contributed by atoms with Gasteiger partial charge in [-0.3, -0.25) is 4.57 Å². The number of imidazole rings is 1. The molecule has 0 saturated carbocycles. The third kappa shape index (κ3) is 2.87.